The van der Waals surface area contributed by atoms with Crippen LogP contribution in [0, 0.1) is 5.41 Å². The van der Waals surface area contributed by atoms with Crippen molar-refractivity contribution in [2.24, 2.45) is 5.73 Å². The summed E-state index contributed by atoms with van der Waals surface area (Å²) >= 11 is 0. The molecule has 0 aromatic rings. The lowest BCUT2D eigenvalue weighted by molar-refractivity contribution is -0.105. The average molecular weight is 229 g/mol. The predicted molar refractivity (Wildman–Crippen MR) is 63.6 cm³/mol. The third kappa shape index (κ3) is 3.73. The molecule has 1 aliphatic heterocycles. The van der Waals surface area contributed by atoms with E-state index < -0.39 is 0 Å². The minimum absolute atomic E-state index is 0.0529. The van der Waals surface area contributed by atoms with Crippen LogP contribution in [0.15, 0.2) is 0 Å². The van der Waals surface area contributed by atoms with Crippen molar-refractivity contribution in [2.45, 2.75) is 44.9 Å². The van der Waals surface area contributed by atoms with Crippen molar-refractivity contribution < 1.29 is 9.84 Å². The van der Waals surface area contributed by atoms with Crippen LogP contribution in [0.1, 0.15) is 26.7 Å². The van der Waals surface area contributed by atoms with E-state index in [0.29, 0.717) is 6.42 Å². The molecule has 0 spiro atoms. The number of nitrogens with zero attached hydrogens (tertiary/aromatic N) is 1. The van der Waals surface area contributed by atoms with Gasteiger partial charge < -0.3 is 15.6 Å². The Hall–Kier alpha value is -0.650. The number of hydrogen-bond donors (Lipinski definition) is 3. The van der Waals surface area contributed by atoms with Crippen molar-refractivity contribution in [3.8, 4) is 0 Å². The third-order valence-corrected chi connectivity index (χ3v) is 3.00. The molecule has 0 saturated carbocycles. The summed E-state index contributed by atoms with van der Waals surface area (Å²) in [6, 6.07) is 0.290. The van der Waals surface area contributed by atoms with Crippen LogP contribution in [-0.2, 0) is 4.74 Å². The zero-order chi connectivity index (χ0) is 12.1. The molecule has 1 saturated heterocycles. The largest absolute Gasteiger partial charge is 0.394 e. The fraction of sp³-hybridized carbons (Fsp3) is 0.909. The van der Waals surface area contributed by atoms with E-state index in [1.54, 1.807) is 0 Å². The van der Waals surface area contributed by atoms with Crippen molar-refractivity contribution in [1.82, 2.24) is 4.90 Å². The van der Waals surface area contributed by atoms with E-state index in [-0.39, 0.29) is 30.7 Å². The second-order valence-electron chi connectivity index (χ2n) is 4.50. The molecule has 0 aromatic carbocycles. The van der Waals surface area contributed by atoms with Crippen LogP contribution in [0.4, 0.5) is 0 Å². The van der Waals surface area contributed by atoms with Gasteiger partial charge in [-0.05, 0) is 13.3 Å². The van der Waals surface area contributed by atoms with E-state index in [2.05, 4.69) is 11.8 Å². The number of ether oxygens (including phenoxy) is 1. The molecule has 94 valence electrons. The van der Waals surface area contributed by atoms with E-state index in [4.69, 9.17) is 21.0 Å². The van der Waals surface area contributed by atoms with Crippen LogP contribution >= 0.6 is 0 Å². The van der Waals surface area contributed by atoms with Gasteiger partial charge in [0.25, 0.3) is 0 Å². The van der Waals surface area contributed by atoms with Gasteiger partial charge in [-0.15, -0.1) is 0 Å². The van der Waals surface area contributed by atoms with Gasteiger partial charge in [0, 0.05) is 25.6 Å². The normalized spacial score (nSPS) is 28.9. The van der Waals surface area contributed by atoms with Crippen LogP contribution in [0.25, 0.3) is 0 Å². The highest BCUT2D eigenvalue weighted by Gasteiger charge is 2.28. The SMILES string of the molecule is CCC(CC(=N)N)N1CC(C)OC(CO)C1. The molecule has 3 unspecified atom stereocenters. The highest BCUT2D eigenvalue weighted by molar-refractivity contribution is 5.77. The Morgan fingerprint density at radius 2 is 2.31 bits per heavy atom. The zero-order valence-corrected chi connectivity index (χ0v) is 10.1. The summed E-state index contributed by atoms with van der Waals surface area (Å²) in [6.45, 7) is 5.74. The Labute approximate surface area is 97.1 Å². The fourth-order valence-electron chi connectivity index (χ4n) is 2.27. The first kappa shape index (κ1) is 13.4. The lowest BCUT2D eigenvalue weighted by atomic mass is 10.1. The summed E-state index contributed by atoms with van der Waals surface area (Å²) < 4.78 is 5.59. The van der Waals surface area contributed by atoms with Gasteiger partial charge in [-0.1, -0.05) is 6.92 Å². The Balaban J connectivity index is 2.58. The zero-order valence-electron chi connectivity index (χ0n) is 10.1. The van der Waals surface area contributed by atoms with E-state index in [1.807, 2.05) is 6.92 Å². The molecule has 5 heteroatoms. The maximum absolute atomic E-state index is 9.14. The maximum atomic E-state index is 9.14. The molecule has 1 fully saturated rings. The minimum Gasteiger partial charge on any atom is -0.394 e. The number of nitrogens with one attached hydrogen (secondary N) is 1. The van der Waals surface area contributed by atoms with E-state index in [1.165, 1.54) is 0 Å². The molecule has 0 radical (unpaired) electrons. The monoisotopic (exact) mass is 229 g/mol. The van der Waals surface area contributed by atoms with Crippen LogP contribution in [-0.4, -0.2) is 53.8 Å². The molecule has 1 rings (SSSR count). The molecule has 3 atom stereocenters. The van der Waals surface area contributed by atoms with Gasteiger partial charge in [0.1, 0.15) is 0 Å². The van der Waals surface area contributed by atoms with Crippen molar-refractivity contribution in [2.75, 3.05) is 19.7 Å². The highest BCUT2D eigenvalue weighted by Crippen LogP contribution is 2.17. The minimum atomic E-state index is -0.107. The number of nitrogens with two attached hydrogens (primary N) is 1. The lowest BCUT2D eigenvalue weighted by Gasteiger charge is -2.40. The topological polar surface area (TPSA) is 82.6 Å². The molecular weight excluding hydrogens is 206 g/mol. The molecular formula is C11H23N3O2. The standard InChI is InChI=1S/C11H23N3O2/c1-3-9(4-11(12)13)14-5-8(2)16-10(6-14)7-15/h8-10,15H,3-7H2,1-2H3,(H3,12,13). The van der Waals surface area contributed by atoms with Crippen molar-refractivity contribution in [1.29, 1.82) is 5.41 Å². The molecule has 5 nitrogen and oxygen atoms in total. The first-order valence-electron chi connectivity index (χ1n) is 5.90. The summed E-state index contributed by atoms with van der Waals surface area (Å²) in [4.78, 5) is 2.27. The summed E-state index contributed by atoms with van der Waals surface area (Å²) in [7, 11) is 0. The van der Waals surface area contributed by atoms with Gasteiger partial charge in [0.2, 0.25) is 0 Å². The quantitative estimate of drug-likeness (QED) is 0.464. The van der Waals surface area contributed by atoms with E-state index >= 15 is 0 Å². The average Bonchev–Trinajstić information content (AvgIpc) is 2.24. The van der Waals surface area contributed by atoms with Gasteiger partial charge in [0.15, 0.2) is 0 Å². The second kappa shape index (κ2) is 6.18. The molecule has 0 amide bonds. The van der Waals surface area contributed by atoms with Crippen LogP contribution < -0.4 is 5.73 Å². The first-order chi connectivity index (χ1) is 7.56. The molecule has 4 N–H and O–H groups in total. The van der Waals surface area contributed by atoms with Gasteiger partial charge >= 0.3 is 0 Å². The maximum Gasteiger partial charge on any atom is 0.0936 e. The number of aliphatic hydroxyl groups is 1. The van der Waals surface area contributed by atoms with Gasteiger partial charge in [-0.25, -0.2) is 0 Å². The highest BCUT2D eigenvalue weighted by atomic mass is 16.5. The Bertz CT molecular complexity index is 235. The predicted octanol–water partition coefficient (Wildman–Crippen LogP) is 0.173. The first-order valence-corrected chi connectivity index (χ1v) is 5.90. The van der Waals surface area contributed by atoms with Gasteiger partial charge in [-0.3, -0.25) is 10.3 Å². The Morgan fingerprint density at radius 3 is 2.81 bits per heavy atom. The fourth-order valence-corrected chi connectivity index (χ4v) is 2.27. The molecule has 16 heavy (non-hydrogen) atoms. The van der Waals surface area contributed by atoms with Crippen molar-refractivity contribution >= 4 is 5.84 Å². The molecule has 1 heterocycles. The number of morpholine rings is 1. The Morgan fingerprint density at radius 1 is 1.62 bits per heavy atom. The Kier molecular flexibility index (Phi) is 5.18. The summed E-state index contributed by atoms with van der Waals surface area (Å²) in [5.74, 6) is 0.228. The van der Waals surface area contributed by atoms with Gasteiger partial charge in [-0.2, -0.15) is 0 Å². The summed E-state index contributed by atoms with van der Waals surface area (Å²) in [6.07, 6.45) is 1.59. The van der Waals surface area contributed by atoms with Crippen LogP contribution in [0.2, 0.25) is 0 Å². The number of hydrogen-bond acceptors (Lipinski definition) is 4. The molecule has 0 aromatic heterocycles. The van der Waals surface area contributed by atoms with E-state index in [9.17, 15) is 0 Å². The number of amidine groups is 1. The summed E-state index contributed by atoms with van der Waals surface area (Å²) in [5.41, 5.74) is 5.45. The smallest absolute Gasteiger partial charge is 0.0936 e. The summed E-state index contributed by atoms with van der Waals surface area (Å²) in [5, 5.41) is 16.5. The van der Waals surface area contributed by atoms with Crippen LogP contribution in [0.5, 0.6) is 0 Å². The van der Waals surface area contributed by atoms with Gasteiger partial charge in [0.05, 0.1) is 24.7 Å². The number of aliphatic hydroxyl groups excluding tert-OH is 1. The number of rotatable bonds is 5. The lowest BCUT2D eigenvalue weighted by Crippen LogP contribution is -2.52. The van der Waals surface area contributed by atoms with Crippen molar-refractivity contribution in [3.05, 3.63) is 0 Å². The second-order valence-corrected chi connectivity index (χ2v) is 4.50. The third-order valence-electron chi connectivity index (χ3n) is 3.00. The molecule has 0 aliphatic carbocycles. The molecule has 1 aliphatic rings. The molecule has 0 bridgehead atoms. The van der Waals surface area contributed by atoms with Crippen LogP contribution in [0.3, 0.4) is 0 Å². The van der Waals surface area contributed by atoms with Crippen molar-refractivity contribution in [3.63, 3.8) is 0 Å². The van der Waals surface area contributed by atoms with E-state index in [0.717, 1.165) is 19.5 Å².